The van der Waals surface area contributed by atoms with E-state index >= 15 is 0 Å². The number of nitrogens with one attached hydrogen (secondary N) is 2. The van der Waals surface area contributed by atoms with Crippen LogP contribution in [0.1, 0.15) is 43.5 Å². The lowest BCUT2D eigenvalue weighted by Crippen LogP contribution is -2.45. The summed E-state index contributed by atoms with van der Waals surface area (Å²) < 4.78 is 5.00. The quantitative estimate of drug-likeness (QED) is 0.735. The largest absolute Gasteiger partial charge is 0.454 e. The first-order chi connectivity index (χ1) is 13.9. The Labute approximate surface area is 171 Å². The third-order valence-electron chi connectivity index (χ3n) is 5.82. The van der Waals surface area contributed by atoms with Gasteiger partial charge in [-0.05, 0) is 41.2 Å². The molecule has 1 saturated carbocycles. The highest BCUT2D eigenvalue weighted by atomic mass is 16.5. The minimum absolute atomic E-state index is 0.123. The fraction of sp³-hybridized carbons (Fsp3) is 0.435. The number of benzene rings is 2. The molecule has 0 radical (unpaired) electrons. The highest BCUT2D eigenvalue weighted by Gasteiger charge is 2.28. The summed E-state index contributed by atoms with van der Waals surface area (Å²) in [5.74, 6) is -0.321. The number of carbonyl (C=O) groups is 3. The third kappa shape index (κ3) is 5.56. The van der Waals surface area contributed by atoms with Crippen molar-refractivity contribution in [3.63, 3.8) is 0 Å². The predicted octanol–water partition coefficient (Wildman–Crippen LogP) is 3.05. The van der Waals surface area contributed by atoms with E-state index in [0.29, 0.717) is 17.4 Å². The molecule has 0 aliphatic heterocycles. The average Bonchev–Trinajstić information content (AvgIpc) is 2.73. The zero-order chi connectivity index (χ0) is 20.8. The van der Waals surface area contributed by atoms with Gasteiger partial charge in [-0.1, -0.05) is 57.0 Å². The van der Waals surface area contributed by atoms with E-state index in [1.165, 1.54) is 6.42 Å². The van der Waals surface area contributed by atoms with Crippen LogP contribution in [0, 0.1) is 11.8 Å². The molecule has 2 aromatic carbocycles. The van der Waals surface area contributed by atoms with Gasteiger partial charge in [-0.2, -0.15) is 0 Å². The van der Waals surface area contributed by atoms with Gasteiger partial charge in [0, 0.05) is 11.6 Å². The van der Waals surface area contributed by atoms with Crippen LogP contribution in [0.5, 0.6) is 0 Å². The van der Waals surface area contributed by atoms with Gasteiger partial charge in [0.1, 0.15) is 6.54 Å². The molecule has 1 fully saturated rings. The van der Waals surface area contributed by atoms with E-state index in [1.807, 2.05) is 30.3 Å². The molecular weight excluding hydrogens is 368 g/mol. The van der Waals surface area contributed by atoms with Gasteiger partial charge in [0.15, 0.2) is 6.61 Å². The minimum Gasteiger partial charge on any atom is -0.454 e. The second kappa shape index (κ2) is 9.54. The van der Waals surface area contributed by atoms with Crippen molar-refractivity contribution in [2.75, 3.05) is 13.2 Å². The summed E-state index contributed by atoms with van der Waals surface area (Å²) in [6.45, 7) is 3.72. The summed E-state index contributed by atoms with van der Waals surface area (Å²) in [6.07, 6.45) is 3.23. The molecule has 3 atom stereocenters. The molecule has 1 aliphatic rings. The van der Waals surface area contributed by atoms with E-state index in [2.05, 4.69) is 24.5 Å². The SMILES string of the molecule is C[C@@H]1[C@H](C)CCC[C@H]1NC(=O)COC(=O)CNC(=O)c1ccc2ccccc2c1. The lowest BCUT2D eigenvalue weighted by molar-refractivity contribution is -0.147. The van der Waals surface area contributed by atoms with Crippen molar-refractivity contribution in [2.45, 2.75) is 39.2 Å². The zero-order valence-corrected chi connectivity index (χ0v) is 16.9. The Bertz CT molecular complexity index is 895. The molecule has 0 saturated heterocycles. The summed E-state index contributed by atoms with van der Waals surface area (Å²) >= 11 is 0. The summed E-state index contributed by atoms with van der Waals surface area (Å²) in [5.41, 5.74) is 0.467. The van der Waals surface area contributed by atoms with Crippen molar-refractivity contribution in [2.24, 2.45) is 11.8 Å². The molecule has 2 amide bonds. The summed E-state index contributed by atoms with van der Waals surface area (Å²) in [5, 5.41) is 7.48. The van der Waals surface area contributed by atoms with Crippen molar-refractivity contribution in [1.82, 2.24) is 10.6 Å². The number of fused-ring (bicyclic) bond motifs is 1. The van der Waals surface area contributed by atoms with Crippen LogP contribution in [0.4, 0.5) is 0 Å². The Morgan fingerprint density at radius 3 is 2.59 bits per heavy atom. The van der Waals surface area contributed by atoms with Crippen LogP contribution >= 0.6 is 0 Å². The molecule has 0 heterocycles. The number of hydrogen-bond donors (Lipinski definition) is 2. The molecule has 154 valence electrons. The van der Waals surface area contributed by atoms with Crippen molar-refractivity contribution >= 4 is 28.6 Å². The second-order valence-electron chi connectivity index (χ2n) is 7.85. The highest BCUT2D eigenvalue weighted by molar-refractivity contribution is 5.99. The topological polar surface area (TPSA) is 84.5 Å². The lowest BCUT2D eigenvalue weighted by atomic mass is 9.78. The Morgan fingerprint density at radius 1 is 1.03 bits per heavy atom. The molecular formula is C23H28N2O4. The number of ether oxygens (including phenoxy) is 1. The first-order valence-corrected chi connectivity index (χ1v) is 10.2. The van der Waals surface area contributed by atoms with Crippen LogP contribution in [-0.2, 0) is 14.3 Å². The Balaban J connectivity index is 1.42. The van der Waals surface area contributed by atoms with Crippen molar-refractivity contribution < 1.29 is 19.1 Å². The number of esters is 1. The maximum atomic E-state index is 12.3. The molecule has 1 aliphatic carbocycles. The van der Waals surface area contributed by atoms with Crippen LogP contribution in [0.3, 0.4) is 0 Å². The molecule has 29 heavy (non-hydrogen) atoms. The summed E-state index contributed by atoms with van der Waals surface area (Å²) in [4.78, 5) is 36.2. The first kappa shape index (κ1) is 20.8. The first-order valence-electron chi connectivity index (χ1n) is 10.2. The van der Waals surface area contributed by atoms with Gasteiger partial charge in [-0.3, -0.25) is 14.4 Å². The van der Waals surface area contributed by atoms with Gasteiger partial charge in [0.25, 0.3) is 11.8 Å². The number of hydrogen-bond acceptors (Lipinski definition) is 4. The highest BCUT2D eigenvalue weighted by Crippen LogP contribution is 2.29. The van der Waals surface area contributed by atoms with E-state index in [4.69, 9.17) is 4.74 Å². The predicted molar refractivity (Wildman–Crippen MR) is 111 cm³/mol. The summed E-state index contributed by atoms with van der Waals surface area (Å²) in [6, 6.07) is 13.2. The molecule has 3 rings (SSSR count). The van der Waals surface area contributed by atoms with Gasteiger partial charge in [-0.15, -0.1) is 0 Å². The van der Waals surface area contributed by atoms with Crippen molar-refractivity contribution in [3.05, 3.63) is 48.0 Å². The fourth-order valence-corrected chi connectivity index (χ4v) is 3.82. The van der Waals surface area contributed by atoms with E-state index in [-0.39, 0.29) is 31.0 Å². The van der Waals surface area contributed by atoms with Gasteiger partial charge >= 0.3 is 5.97 Å². The molecule has 6 heteroatoms. The van der Waals surface area contributed by atoms with E-state index < -0.39 is 5.97 Å². The average molecular weight is 396 g/mol. The fourth-order valence-electron chi connectivity index (χ4n) is 3.82. The second-order valence-corrected chi connectivity index (χ2v) is 7.85. The number of carbonyl (C=O) groups excluding carboxylic acids is 3. The van der Waals surface area contributed by atoms with E-state index in [1.54, 1.807) is 12.1 Å². The molecule has 0 unspecified atom stereocenters. The Morgan fingerprint density at radius 2 is 1.79 bits per heavy atom. The monoisotopic (exact) mass is 396 g/mol. The van der Waals surface area contributed by atoms with Gasteiger partial charge in [0.05, 0.1) is 0 Å². The Hall–Kier alpha value is -2.89. The molecule has 0 bridgehead atoms. The zero-order valence-electron chi connectivity index (χ0n) is 16.9. The molecule has 2 N–H and O–H groups in total. The molecule has 0 aromatic heterocycles. The smallest absolute Gasteiger partial charge is 0.325 e. The van der Waals surface area contributed by atoms with Crippen molar-refractivity contribution in [3.8, 4) is 0 Å². The number of rotatable bonds is 6. The van der Waals surface area contributed by atoms with Crippen LogP contribution in [0.15, 0.2) is 42.5 Å². The van der Waals surface area contributed by atoms with E-state index in [9.17, 15) is 14.4 Å². The van der Waals surface area contributed by atoms with Crippen LogP contribution in [-0.4, -0.2) is 37.0 Å². The van der Waals surface area contributed by atoms with Crippen molar-refractivity contribution in [1.29, 1.82) is 0 Å². The molecule has 0 spiro atoms. The van der Waals surface area contributed by atoms with E-state index in [0.717, 1.165) is 23.6 Å². The lowest BCUT2D eigenvalue weighted by Gasteiger charge is -2.34. The third-order valence-corrected chi connectivity index (χ3v) is 5.82. The van der Waals surface area contributed by atoms with Crippen LogP contribution in [0.25, 0.3) is 10.8 Å². The molecule has 6 nitrogen and oxygen atoms in total. The summed E-state index contributed by atoms with van der Waals surface area (Å²) in [7, 11) is 0. The number of amides is 2. The standard InChI is InChI=1S/C23H28N2O4/c1-15-6-5-9-20(16(15)2)25-21(26)14-29-22(27)13-24-23(28)19-11-10-17-7-3-4-8-18(17)12-19/h3-4,7-8,10-12,15-16,20H,5-6,9,13-14H2,1-2H3,(H,24,28)(H,25,26)/t15-,16-,20-/m1/s1. The maximum Gasteiger partial charge on any atom is 0.325 e. The maximum absolute atomic E-state index is 12.3. The van der Waals surface area contributed by atoms with Crippen LogP contribution < -0.4 is 10.6 Å². The Kier molecular flexibility index (Phi) is 6.86. The normalized spacial score (nSPS) is 21.4. The van der Waals surface area contributed by atoms with Gasteiger partial charge in [-0.25, -0.2) is 0 Å². The molecule has 2 aromatic rings. The van der Waals surface area contributed by atoms with Gasteiger partial charge < -0.3 is 15.4 Å². The van der Waals surface area contributed by atoms with Crippen LogP contribution in [0.2, 0.25) is 0 Å². The minimum atomic E-state index is -0.639. The van der Waals surface area contributed by atoms with Gasteiger partial charge in [0.2, 0.25) is 0 Å².